The van der Waals surface area contributed by atoms with Gasteiger partial charge < -0.3 is 10.8 Å². The first-order chi connectivity index (χ1) is 6.50. The van der Waals surface area contributed by atoms with Gasteiger partial charge in [0.2, 0.25) is 0 Å². The van der Waals surface area contributed by atoms with E-state index in [1.54, 1.807) is 0 Å². The summed E-state index contributed by atoms with van der Waals surface area (Å²) in [4.78, 5) is 10.4. The number of hydrogen-bond acceptors (Lipinski definition) is 2. The Hall–Kier alpha value is -0.840. The molecule has 1 aromatic carbocycles. The van der Waals surface area contributed by atoms with E-state index in [0.29, 0.717) is 5.02 Å². The molecule has 0 aliphatic heterocycles. The highest BCUT2D eigenvalue weighted by molar-refractivity contribution is 6.30. The van der Waals surface area contributed by atoms with Crippen molar-refractivity contribution in [3.05, 3.63) is 34.6 Å². The van der Waals surface area contributed by atoms with E-state index in [1.807, 2.05) is 0 Å². The predicted octanol–water partition coefficient (Wildman–Crippen LogP) is 1.86. The van der Waals surface area contributed by atoms with E-state index in [0.717, 1.165) is 0 Å². The normalized spacial score (nSPS) is 11.7. The number of carboxylic acids is 1. The lowest BCUT2D eigenvalue weighted by Crippen LogP contribution is -2.32. The second-order valence-electron chi connectivity index (χ2n) is 2.88. The smallest absolute Gasteiger partial charge is 0.320 e. The predicted molar refractivity (Wildman–Crippen MR) is 58.0 cm³/mol. The molecule has 0 unspecified atom stereocenters. The van der Waals surface area contributed by atoms with E-state index in [1.165, 1.54) is 18.2 Å². The highest BCUT2D eigenvalue weighted by Gasteiger charge is 2.14. The molecule has 0 spiro atoms. The molecular formula is C9H10Cl2FNO2. The molecule has 3 N–H and O–H groups in total. The van der Waals surface area contributed by atoms with Gasteiger partial charge in [-0.25, -0.2) is 4.39 Å². The van der Waals surface area contributed by atoms with Crippen molar-refractivity contribution in [3.8, 4) is 0 Å². The van der Waals surface area contributed by atoms with Crippen LogP contribution in [0, 0.1) is 5.82 Å². The van der Waals surface area contributed by atoms with Gasteiger partial charge in [0.25, 0.3) is 0 Å². The number of aliphatic carboxylic acids is 1. The summed E-state index contributed by atoms with van der Waals surface area (Å²) in [5.41, 5.74) is 5.47. The van der Waals surface area contributed by atoms with E-state index >= 15 is 0 Å². The van der Waals surface area contributed by atoms with Crippen LogP contribution in [-0.2, 0) is 11.2 Å². The Morgan fingerprint density at radius 1 is 1.60 bits per heavy atom. The number of rotatable bonds is 3. The molecule has 0 aliphatic rings. The van der Waals surface area contributed by atoms with Gasteiger partial charge in [0.15, 0.2) is 0 Å². The molecule has 0 saturated carbocycles. The second-order valence-corrected chi connectivity index (χ2v) is 3.32. The summed E-state index contributed by atoms with van der Waals surface area (Å²) >= 11 is 5.62. The van der Waals surface area contributed by atoms with Crippen LogP contribution < -0.4 is 5.73 Å². The van der Waals surface area contributed by atoms with Crippen molar-refractivity contribution in [1.82, 2.24) is 0 Å². The van der Waals surface area contributed by atoms with Crippen LogP contribution >= 0.6 is 24.0 Å². The molecule has 0 radical (unpaired) electrons. The highest BCUT2D eigenvalue weighted by atomic mass is 35.5. The average molecular weight is 254 g/mol. The minimum absolute atomic E-state index is 0. The van der Waals surface area contributed by atoms with Gasteiger partial charge in [0.1, 0.15) is 11.9 Å². The third-order valence-corrected chi connectivity index (χ3v) is 2.00. The fourth-order valence-corrected chi connectivity index (χ4v) is 1.22. The first-order valence-corrected chi connectivity index (χ1v) is 4.31. The maximum atomic E-state index is 13.1. The third kappa shape index (κ3) is 4.03. The maximum absolute atomic E-state index is 13.1. The number of halogens is 3. The highest BCUT2D eigenvalue weighted by Crippen LogP contribution is 2.15. The molecule has 1 rings (SSSR count). The quantitative estimate of drug-likeness (QED) is 0.865. The molecule has 0 bridgehead atoms. The molecule has 0 aromatic heterocycles. The first kappa shape index (κ1) is 14.2. The maximum Gasteiger partial charge on any atom is 0.320 e. The Kier molecular flexibility index (Phi) is 5.57. The Labute approximate surface area is 97.4 Å². The Balaban J connectivity index is 0.00000196. The molecule has 0 heterocycles. The summed E-state index contributed by atoms with van der Waals surface area (Å²) < 4.78 is 13.1. The van der Waals surface area contributed by atoms with E-state index in [-0.39, 0.29) is 24.4 Å². The van der Waals surface area contributed by atoms with Gasteiger partial charge in [0, 0.05) is 11.4 Å². The Morgan fingerprint density at radius 2 is 2.20 bits per heavy atom. The molecule has 0 fully saturated rings. The van der Waals surface area contributed by atoms with Gasteiger partial charge in [-0.1, -0.05) is 11.6 Å². The van der Waals surface area contributed by atoms with Crippen LogP contribution in [0.25, 0.3) is 0 Å². The number of carboxylic acid groups (broad SMARTS) is 1. The molecule has 6 heteroatoms. The number of nitrogens with two attached hydrogens (primary N) is 1. The summed E-state index contributed by atoms with van der Waals surface area (Å²) in [5, 5.41) is 8.88. The van der Waals surface area contributed by atoms with Gasteiger partial charge in [-0.05, 0) is 23.8 Å². The largest absolute Gasteiger partial charge is 0.480 e. The van der Waals surface area contributed by atoms with Gasteiger partial charge in [-0.2, -0.15) is 0 Å². The zero-order chi connectivity index (χ0) is 10.7. The standard InChI is InChI=1S/C9H9ClFNO2.ClH/c10-6-1-2-7(11)5(3-6)4-8(12)9(13)14;/h1-3,8H,4,12H2,(H,13,14);1H/t8-;/m0./s1. The van der Waals surface area contributed by atoms with Crippen LogP contribution in [0.5, 0.6) is 0 Å². The van der Waals surface area contributed by atoms with E-state index in [9.17, 15) is 9.18 Å². The van der Waals surface area contributed by atoms with Crippen molar-refractivity contribution in [2.24, 2.45) is 5.73 Å². The molecule has 0 amide bonds. The molecular weight excluding hydrogens is 244 g/mol. The Morgan fingerprint density at radius 3 is 2.73 bits per heavy atom. The average Bonchev–Trinajstić information content (AvgIpc) is 2.11. The topological polar surface area (TPSA) is 63.3 Å². The number of carbonyl (C=O) groups is 1. The minimum Gasteiger partial charge on any atom is -0.480 e. The lowest BCUT2D eigenvalue weighted by molar-refractivity contribution is -0.138. The minimum atomic E-state index is -1.16. The molecule has 0 aliphatic carbocycles. The molecule has 3 nitrogen and oxygen atoms in total. The van der Waals surface area contributed by atoms with Gasteiger partial charge in [-0.3, -0.25) is 4.79 Å². The van der Waals surface area contributed by atoms with Crippen LogP contribution in [0.1, 0.15) is 5.56 Å². The van der Waals surface area contributed by atoms with Crippen LogP contribution in [0.3, 0.4) is 0 Å². The van der Waals surface area contributed by atoms with E-state index in [4.69, 9.17) is 22.4 Å². The molecule has 84 valence electrons. The van der Waals surface area contributed by atoms with E-state index in [2.05, 4.69) is 0 Å². The molecule has 0 saturated heterocycles. The second kappa shape index (κ2) is 5.90. The van der Waals surface area contributed by atoms with Gasteiger partial charge in [0.05, 0.1) is 0 Å². The van der Waals surface area contributed by atoms with Crippen LogP contribution in [0.4, 0.5) is 4.39 Å². The Bertz CT molecular complexity index is 360. The first-order valence-electron chi connectivity index (χ1n) is 3.93. The van der Waals surface area contributed by atoms with Gasteiger partial charge in [-0.15, -0.1) is 12.4 Å². The van der Waals surface area contributed by atoms with Crippen molar-refractivity contribution in [2.75, 3.05) is 0 Å². The van der Waals surface area contributed by atoms with E-state index < -0.39 is 17.8 Å². The zero-order valence-electron chi connectivity index (χ0n) is 7.61. The summed E-state index contributed by atoms with van der Waals surface area (Å²) in [6, 6.07) is 2.85. The summed E-state index contributed by atoms with van der Waals surface area (Å²) in [5.74, 6) is -1.66. The monoisotopic (exact) mass is 253 g/mol. The van der Waals surface area contributed by atoms with Gasteiger partial charge >= 0.3 is 5.97 Å². The van der Waals surface area contributed by atoms with Crippen molar-refractivity contribution in [3.63, 3.8) is 0 Å². The lowest BCUT2D eigenvalue weighted by atomic mass is 10.1. The third-order valence-electron chi connectivity index (χ3n) is 1.76. The number of benzene rings is 1. The lowest BCUT2D eigenvalue weighted by Gasteiger charge is -2.07. The van der Waals surface area contributed by atoms with Crippen molar-refractivity contribution >= 4 is 30.0 Å². The molecule has 15 heavy (non-hydrogen) atoms. The fraction of sp³-hybridized carbons (Fsp3) is 0.222. The van der Waals surface area contributed by atoms with Crippen LogP contribution in [-0.4, -0.2) is 17.1 Å². The fourth-order valence-electron chi connectivity index (χ4n) is 1.02. The summed E-state index contributed by atoms with van der Waals surface area (Å²) in [7, 11) is 0. The number of hydrogen-bond donors (Lipinski definition) is 2. The zero-order valence-corrected chi connectivity index (χ0v) is 9.19. The van der Waals surface area contributed by atoms with Crippen molar-refractivity contribution < 1.29 is 14.3 Å². The SMILES string of the molecule is Cl.N[C@@H](Cc1cc(Cl)ccc1F)C(=O)O. The molecule has 1 atom stereocenters. The molecule has 1 aromatic rings. The summed E-state index contributed by atoms with van der Waals surface area (Å²) in [6.07, 6.45) is -0.0677. The summed E-state index contributed by atoms with van der Waals surface area (Å²) in [6.45, 7) is 0. The van der Waals surface area contributed by atoms with Crippen molar-refractivity contribution in [1.29, 1.82) is 0 Å². The van der Waals surface area contributed by atoms with Crippen LogP contribution in [0.15, 0.2) is 18.2 Å². The van der Waals surface area contributed by atoms with Crippen LogP contribution in [0.2, 0.25) is 5.02 Å². The van der Waals surface area contributed by atoms with Crippen molar-refractivity contribution in [2.45, 2.75) is 12.5 Å².